The summed E-state index contributed by atoms with van der Waals surface area (Å²) in [6, 6.07) is 13.6. The lowest BCUT2D eigenvalue weighted by molar-refractivity contribution is -0.117. The van der Waals surface area contributed by atoms with Crippen molar-refractivity contribution in [2.45, 2.75) is 6.42 Å². The van der Waals surface area contributed by atoms with Crippen LogP contribution in [0, 0.1) is 0 Å². The summed E-state index contributed by atoms with van der Waals surface area (Å²) in [6.07, 6.45) is 1.77. The van der Waals surface area contributed by atoms with Crippen LogP contribution in [0.1, 0.15) is 15.9 Å². The average molecular weight is 388 g/mol. The van der Waals surface area contributed by atoms with Gasteiger partial charge in [-0.25, -0.2) is 13.2 Å². The highest BCUT2D eigenvalue weighted by molar-refractivity contribution is 7.92. The van der Waals surface area contributed by atoms with Crippen molar-refractivity contribution in [2.75, 3.05) is 35.7 Å². The SMILES string of the molecule is COC(=O)c1cccc(N(CC(=O)N2CCc3ccccc32)S(C)(=O)=O)c1. The number of amides is 1. The molecule has 142 valence electrons. The molecule has 27 heavy (non-hydrogen) atoms. The van der Waals surface area contributed by atoms with E-state index in [1.807, 2.05) is 24.3 Å². The number of fused-ring (bicyclic) bond motifs is 1. The number of anilines is 2. The van der Waals surface area contributed by atoms with Gasteiger partial charge >= 0.3 is 5.97 Å². The molecule has 0 bridgehead atoms. The van der Waals surface area contributed by atoms with Crippen molar-refractivity contribution < 1.29 is 22.7 Å². The largest absolute Gasteiger partial charge is 0.465 e. The Hall–Kier alpha value is -2.87. The molecule has 2 aromatic carbocycles. The molecular weight excluding hydrogens is 368 g/mol. The molecule has 1 amide bonds. The topological polar surface area (TPSA) is 84.0 Å². The molecule has 0 saturated heterocycles. The molecule has 1 aliphatic heterocycles. The number of benzene rings is 2. The Morgan fingerprint density at radius 3 is 2.59 bits per heavy atom. The first-order valence-electron chi connectivity index (χ1n) is 8.35. The summed E-state index contributed by atoms with van der Waals surface area (Å²) in [5.41, 5.74) is 2.31. The second kappa shape index (κ2) is 7.40. The third-order valence-electron chi connectivity index (χ3n) is 4.42. The highest BCUT2D eigenvalue weighted by Crippen LogP contribution is 2.28. The van der Waals surface area contributed by atoms with E-state index >= 15 is 0 Å². The van der Waals surface area contributed by atoms with E-state index in [0.29, 0.717) is 6.54 Å². The maximum absolute atomic E-state index is 12.8. The number of ether oxygens (including phenoxy) is 1. The van der Waals surface area contributed by atoms with Crippen molar-refractivity contribution in [3.8, 4) is 0 Å². The summed E-state index contributed by atoms with van der Waals surface area (Å²) in [5.74, 6) is -0.904. The summed E-state index contributed by atoms with van der Waals surface area (Å²) in [6.45, 7) is 0.162. The first-order valence-corrected chi connectivity index (χ1v) is 10.2. The van der Waals surface area contributed by atoms with E-state index in [1.165, 1.54) is 19.2 Å². The van der Waals surface area contributed by atoms with E-state index < -0.39 is 16.0 Å². The van der Waals surface area contributed by atoms with Gasteiger partial charge in [0.05, 0.1) is 24.6 Å². The van der Waals surface area contributed by atoms with Crippen molar-refractivity contribution in [2.24, 2.45) is 0 Å². The molecule has 0 aromatic heterocycles. The minimum absolute atomic E-state index is 0.211. The molecule has 1 heterocycles. The third kappa shape index (κ3) is 3.95. The molecule has 8 heteroatoms. The normalized spacial score (nSPS) is 13.2. The number of sulfonamides is 1. The Balaban J connectivity index is 1.89. The average Bonchev–Trinajstić information content (AvgIpc) is 3.08. The number of carbonyl (C=O) groups excluding carboxylic acids is 2. The zero-order valence-corrected chi connectivity index (χ0v) is 15.9. The Morgan fingerprint density at radius 2 is 1.89 bits per heavy atom. The van der Waals surface area contributed by atoms with Crippen LogP contribution in [0.2, 0.25) is 0 Å². The summed E-state index contributed by atoms with van der Waals surface area (Å²) in [7, 11) is -2.49. The van der Waals surface area contributed by atoms with E-state index in [0.717, 1.165) is 28.2 Å². The molecule has 2 aromatic rings. The fourth-order valence-corrected chi connectivity index (χ4v) is 3.95. The van der Waals surface area contributed by atoms with Crippen LogP contribution in [0.4, 0.5) is 11.4 Å². The van der Waals surface area contributed by atoms with Crippen LogP contribution in [0.5, 0.6) is 0 Å². The number of esters is 1. The monoisotopic (exact) mass is 388 g/mol. The van der Waals surface area contributed by atoms with Gasteiger partial charge in [0, 0.05) is 12.2 Å². The van der Waals surface area contributed by atoms with Gasteiger partial charge in [-0.1, -0.05) is 24.3 Å². The standard InChI is InChI=1S/C19H20N2O5S/c1-26-19(23)15-7-5-8-16(12-15)21(27(2,24)25)13-18(22)20-11-10-14-6-3-4-9-17(14)20/h3-9,12H,10-11,13H2,1-2H3. The van der Waals surface area contributed by atoms with Crippen LogP contribution in [0.3, 0.4) is 0 Å². The van der Waals surface area contributed by atoms with Crippen LogP contribution < -0.4 is 9.21 Å². The van der Waals surface area contributed by atoms with Gasteiger partial charge < -0.3 is 9.64 Å². The van der Waals surface area contributed by atoms with E-state index in [1.54, 1.807) is 17.0 Å². The van der Waals surface area contributed by atoms with Crippen LogP contribution >= 0.6 is 0 Å². The van der Waals surface area contributed by atoms with Gasteiger partial charge in [-0.05, 0) is 36.2 Å². The van der Waals surface area contributed by atoms with Gasteiger partial charge in [0.1, 0.15) is 6.54 Å². The number of rotatable bonds is 5. The van der Waals surface area contributed by atoms with E-state index in [-0.39, 0.29) is 23.7 Å². The van der Waals surface area contributed by atoms with Crippen molar-refractivity contribution >= 4 is 33.3 Å². The fraction of sp³-hybridized carbons (Fsp3) is 0.263. The lowest BCUT2D eigenvalue weighted by atomic mass is 10.2. The summed E-state index contributed by atoms with van der Waals surface area (Å²) < 4.78 is 30.3. The van der Waals surface area contributed by atoms with Crippen molar-refractivity contribution in [1.29, 1.82) is 0 Å². The summed E-state index contributed by atoms with van der Waals surface area (Å²) in [5, 5.41) is 0. The summed E-state index contributed by atoms with van der Waals surface area (Å²) >= 11 is 0. The van der Waals surface area contributed by atoms with Crippen LogP contribution in [-0.2, 0) is 26.0 Å². The van der Waals surface area contributed by atoms with Gasteiger partial charge in [0.2, 0.25) is 15.9 Å². The molecule has 1 aliphatic rings. The van der Waals surface area contributed by atoms with Crippen LogP contribution in [0.15, 0.2) is 48.5 Å². The molecule has 0 radical (unpaired) electrons. The molecular formula is C19H20N2O5S. The zero-order chi connectivity index (χ0) is 19.6. The first kappa shape index (κ1) is 18.9. The second-order valence-corrected chi connectivity index (χ2v) is 8.14. The van der Waals surface area contributed by atoms with E-state index in [2.05, 4.69) is 4.74 Å². The predicted octanol–water partition coefficient (Wildman–Crippen LogP) is 1.83. The molecule has 0 saturated carbocycles. The minimum atomic E-state index is -3.74. The molecule has 3 rings (SSSR count). The van der Waals surface area contributed by atoms with Crippen molar-refractivity contribution in [1.82, 2.24) is 0 Å². The van der Waals surface area contributed by atoms with Crippen molar-refractivity contribution in [3.63, 3.8) is 0 Å². The number of methoxy groups -OCH3 is 1. The fourth-order valence-electron chi connectivity index (χ4n) is 3.11. The third-order valence-corrected chi connectivity index (χ3v) is 5.56. The molecule has 0 spiro atoms. The molecule has 0 unspecified atom stereocenters. The highest BCUT2D eigenvalue weighted by Gasteiger charge is 2.29. The van der Waals surface area contributed by atoms with Crippen LogP contribution in [0.25, 0.3) is 0 Å². The van der Waals surface area contributed by atoms with Crippen molar-refractivity contribution in [3.05, 3.63) is 59.7 Å². The van der Waals surface area contributed by atoms with Gasteiger partial charge in [-0.2, -0.15) is 0 Å². The number of nitrogens with zero attached hydrogens (tertiary/aromatic N) is 2. The Kier molecular flexibility index (Phi) is 5.18. The second-order valence-electron chi connectivity index (χ2n) is 6.24. The number of para-hydroxylation sites is 1. The number of carbonyl (C=O) groups is 2. The maximum atomic E-state index is 12.8. The predicted molar refractivity (Wildman–Crippen MR) is 102 cm³/mol. The lowest BCUT2D eigenvalue weighted by Crippen LogP contribution is -2.42. The maximum Gasteiger partial charge on any atom is 0.337 e. The minimum Gasteiger partial charge on any atom is -0.465 e. The quantitative estimate of drug-likeness (QED) is 0.730. The number of hydrogen-bond donors (Lipinski definition) is 0. The van der Waals surface area contributed by atoms with E-state index in [9.17, 15) is 18.0 Å². The Bertz CT molecular complexity index is 987. The first-order chi connectivity index (χ1) is 12.8. The Morgan fingerprint density at radius 1 is 1.15 bits per heavy atom. The summed E-state index contributed by atoms with van der Waals surface area (Å²) in [4.78, 5) is 26.2. The molecule has 7 nitrogen and oxygen atoms in total. The zero-order valence-electron chi connectivity index (χ0n) is 15.1. The van der Waals surface area contributed by atoms with E-state index in [4.69, 9.17) is 0 Å². The van der Waals surface area contributed by atoms with Crippen LogP contribution in [-0.4, -0.2) is 46.7 Å². The van der Waals surface area contributed by atoms with Gasteiger partial charge in [-0.15, -0.1) is 0 Å². The molecule has 0 fully saturated rings. The van der Waals surface area contributed by atoms with Gasteiger partial charge in [0.25, 0.3) is 0 Å². The smallest absolute Gasteiger partial charge is 0.337 e. The Labute approximate surface area is 158 Å². The highest BCUT2D eigenvalue weighted by atomic mass is 32.2. The molecule has 0 atom stereocenters. The van der Waals surface area contributed by atoms with Gasteiger partial charge in [-0.3, -0.25) is 9.10 Å². The molecule has 0 N–H and O–H groups in total. The number of hydrogen-bond acceptors (Lipinski definition) is 5. The lowest BCUT2D eigenvalue weighted by Gasteiger charge is -2.25. The van der Waals surface area contributed by atoms with Gasteiger partial charge in [0.15, 0.2) is 0 Å². The molecule has 0 aliphatic carbocycles.